The molecule has 3 atom stereocenters. The van der Waals surface area contributed by atoms with Crippen LogP contribution in [0.1, 0.15) is 50.8 Å². The van der Waals surface area contributed by atoms with Gasteiger partial charge < -0.3 is 9.30 Å². The van der Waals surface area contributed by atoms with E-state index in [-0.39, 0.29) is 11.9 Å². The Hall–Kier alpha value is -1.91. The fraction of sp³-hybridized carbons (Fsp3) is 0.588. The number of esters is 1. The van der Waals surface area contributed by atoms with Gasteiger partial charge in [0.05, 0.1) is 7.11 Å². The number of aromatic nitrogens is 3. The summed E-state index contributed by atoms with van der Waals surface area (Å²) in [4.78, 5) is 12.0. The van der Waals surface area contributed by atoms with Crippen LogP contribution >= 0.6 is 0 Å². The van der Waals surface area contributed by atoms with Crippen molar-refractivity contribution in [2.24, 2.45) is 11.8 Å². The minimum absolute atomic E-state index is 0.215. The number of hydrogen-bond acceptors (Lipinski definition) is 4. The van der Waals surface area contributed by atoms with E-state index in [1.54, 1.807) is 0 Å². The van der Waals surface area contributed by atoms with Gasteiger partial charge in [-0.05, 0) is 31.3 Å². The lowest BCUT2D eigenvalue weighted by atomic mass is 9.66. The first-order valence-corrected chi connectivity index (χ1v) is 8.12. The molecule has 0 N–H and O–H groups in total. The highest BCUT2D eigenvalue weighted by molar-refractivity contribution is 5.94. The molecule has 0 aromatic carbocycles. The Bertz CT molecular complexity index is 713. The van der Waals surface area contributed by atoms with Crippen LogP contribution in [0.2, 0.25) is 0 Å². The highest BCUT2D eigenvalue weighted by atomic mass is 16.5. The van der Waals surface area contributed by atoms with Gasteiger partial charge in [-0.3, -0.25) is 0 Å². The molecule has 0 spiro atoms. The SMILES string of the molecule is CCc1nnc2n1C1CCC1C1=C2C=C(C(=O)OC)C(C)C1. The van der Waals surface area contributed by atoms with E-state index < -0.39 is 0 Å². The number of aryl methyl sites for hydroxylation is 1. The molecular formula is C17H21N3O2. The number of rotatable bonds is 2. The van der Waals surface area contributed by atoms with Crippen molar-refractivity contribution < 1.29 is 9.53 Å². The molecule has 3 unspecified atom stereocenters. The van der Waals surface area contributed by atoms with Gasteiger partial charge in [-0.2, -0.15) is 0 Å². The molecule has 116 valence electrons. The molecule has 5 nitrogen and oxygen atoms in total. The number of carbonyl (C=O) groups excluding carboxylic acids is 1. The van der Waals surface area contributed by atoms with Gasteiger partial charge in [-0.25, -0.2) is 4.79 Å². The lowest BCUT2D eigenvalue weighted by Gasteiger charge is -2.46. The maximum Gasteiger partial charge on any atom is 0.334 e. The molecule has 1 aromatic rings. The van der Waals surface area contributed by atoms with Gasteiger partial charge in [-0.15, -0.1) is 10.2 Å². The van der Waals surface area contributed by atoms with Crippen molar-refractivity contribution in [3.05, 3.63) is 28.9 Å². The Morgan fingerprint density at radius 1 is 1.41 bits per heavy atom. The second kappa shape index (κ2) is 4.80. The molecule has 0 radical (unpaired) electrons. The smallest absolute Gasteiger partial charge is 0.334 e. The van der Waals surface area contributed by atoms with E-state index in [4.69, 9.17) is 4.74 Å². The molecular weight excluding hydrogens is 278 g/mol. The van der Waals surface area contributed by atoms with Crippen LogP contribution in [-0.2, 0) is 16.0 Å². The Morgan fingerprint density at radius 2 is 2.23 bits per heavy atom. The second-order valence-corrected chi connectivity index (χ2v) is 6.55. The van der Waals surface area contributed by atoms with E-state index >= 15 is 0 Å². The van der Waals surface area contributed by atoms with E-state index in [9.17, 15) is 4.79 Å². The Labute approximate surface area is 130 Å². The number of fused-ring (bicyclic) bond motifs is 5. The highest BCUT2D eigenvalue weighted by Crippen LogP contribution is 2.54. The number of carbonyl (C=O) groups is 1. The fourth-order valence-corrected chi connectivity index (χ4v) is 4.17. The molecule has 1 aromatic heterocycles. The van der Waals surface area contributed by atoms with Gasteiger partial charge in [0.2, 0.25) is 0 Å². The summed E-state index contributed by atoms with van der Waals surface area (Å²) in [5.41, 5.74) is 3.34. The number of methoxy groups -OCH3 is 1. The Morgan fingerprint density at radius 3 is 2.86 bits per heavy atom. The average molecular weight is 299 g/mol. The van der Waals surface area contributed by atoms with Crippen LogP contribution in [-0.4, -0.2) is 27.8 Å². The number of nitrogens with zero attached hydrogens (tertiary/aromatic N) is 3. The summed E-state index contributed by atoms with van der Waals surface area (Å²) in [5, 5.41) is 8.80. The summed E-state index contributed by atoms with van der Waals surface area (Å²) in [6.45, 7) is 4.23. The van der Waals surface area contributed by atoms with Crippen molar-refractivity contribution in [1.29, 1.82) is 0 Å². The fourth-order valence-electron chi connectivity index (χ4n) is 4.17. The third kappa shape index (κ3) is 1.68. The molecule has 2 aliphatic carbocycles. The zero-order chi connectivity index (χ0) is 15.4. The topological polar surface area (TPSA) is 57.0 Å². The molecule has 1 saturated carbocycles. The average Bonchev–Trinajstić information content (AvgIpc) is 2.89. The van der Waals surface area contributed by atoms with Crippen LogP contribution < -0.4 is 0 Å². The summed E-state index contributed by atoms with van der Waals surface area (Å²) in [5.74, 6) is 2.59. The first-order chi connectivity index (χ1) is 10.7. The lowest BCUT2D eigenvalue weighted by Crippen LogP contribution is -2.38. The van der Waals surface area contributed by atoms with Crippen LogP contribution in [0.25, 0.3) is 5.57 Å². The van der Waals surface area contributed by atoms with E-state index in [1.165, 1.54) is 25.5 Å². The summed E-state index contributed by atoms with van der Waals surface area (Å²) in [7, 11) is 1.44. The van der Waals surface area contributed by atoms with Crippen molar-refractivity contribution in [3.8, 4) is 0 Å². The molecule has 3 aliphatic rings. The standard InChI is InChI=1S/C17H21N3O2/c1-4-15-18-19-16-13-8-11(17(21)22-3)9(2)7-12(13)10-5-6-14(10)20(15)16/h8-10,14H,4-7H2,1-3H3. The zero-order valence-electron chi connectivity index (χ0n) is 13.3. The zero-order valence-corrected chi connectivity index (χ0v) is 13.3. The number of allylic oxidation sites excluding steroid dienone is 3. The van der Waals surface area contributed by atoms with Crippen LogP contribution in [0.15, 0.2) is 17.2 Å². The molecule has 0 saturated heterocycles. The maximum absolute atomic E-state index is 12.0. The second-order valence-electron chi connectivity index (χ2n) is 6.55. The monoisotopic (exact) mass is 299 g/mol. The van der Waals surface area contributed by atoms with Crippen molar-refractivity contribution in [2.75, 3.05) is 7.11 Å². The molecule has 4 rings (SSSR count). The van der Waals surface area contributed by atoms with E-state index in [0.29, 0.717) is 12.0 Å². The van der Waals surface area contributed by atoms with Gasteiger partial charge in [-0.1, -0.05) is 19.4 Å². The van der Waals surface area contributed by atoms with Gasteiger partial charge >= 0.3 is 5.97 Å². The summed E-state index contributed by atoms with van der Waals surface area (Å²) >= 11 is 0. The largest absolute Gasteiger partial charge is 0.466 e. The van der Waals surface area contributed by atoms with Gasteiger partial charge in [0, 0.05) is 29.5 Å². The van der Waals surface area contributed by atoms with E-state index in [0.717, 1.165) is 35.6 Å². The molecule has 0 bridgehead atoms. The quantitative estimate of drug-likeness (QED) is 0.788. The molecule has 2 heterocycles. The predicted octanol–water partition coefficient (Wildman–Crippen LogP) is 2.70. The van der Waals surface area contributed by atoms with Crippen molar-refractivity contribution >= 4 is 11.5 Å². The van der Waals surface area contributed by atoms with Crippen molar-refractivity contribution in [2.45, 2.75) is 45.6 Å². The Kier molecular flexibility index (Phi) is 2.99. The van der Waals surface area contributed by atoms with Crippen LogP contribution in [0.4, 0.5) is 0 Å². The third-order valence-electron chi connectivity index (χ3n) is 5.46. The summed E-state index contributed by atoms with van der Waals surface area (Å²) in [6, 6.07) is 0.527. The summed E-state index contributed by atoms with van der Waals surface area (Å²) < 4.78 is 7.26. The minimum Gasteiger partial charge on any atom is -0.466 e. The van der Waals surface area contributed by atoms with Crippen LogP contribution in [0, 0.1) is 11.8 Å². The molecule has 22 heavy (non-hydrogen) atoms. The maximum atomic E-state index is 12.0. The number of ether oxygens (including phenoxy) is 1. The third-order valence-corrected chi connectivity index (χ3v) is 5.46. The van der Waals surface area contributed by atoms with E-state index in [1.807, 2.05) is 6.08 Å². The summed E-state index contributed by atoms with van der Waals surface area (Å²) in [6.07, 6.45) is 6.28. The lowest BCUT2D eigenvalue weighted by molar-refractivity contribution is -0.136. The van der Waals surface area contributed by atoms with Gasteiger partial charge in [0.1, 0.15) is 5.82 Å². The van der Waals surface area contributed by atoms with Crippen LogP contribution in [0.3, 0.4) is 0 Å². The van der Waals surface area contributed by atoms with Crippen molar-refractivity contribution in [1.82, 2.24) is 14.8 Å². The molecule has 0 amide bonds. The molecule has 1 aliphatic heterocycles. The molecule has 1 fully saturated rings. The van der Waals surface area contributed by atoms with Gasteiger partial charge in [0.15, 0.2) is 5.82 Å². The van der Waals surface area contributed by atoms with Crippen LogP contribution in [0.5, 0.6) is 0 Å². The normalized spacial score (nSPS) is 29.0. The van der Waals surface area contributed by atoms with Gasteiger partial charge in [0.25, 0.3) is 0 Å². The predicted molar refractivity (Wildman–Crippen MR) is 82.0 cm³/mol. The highest BCUT2D eigenvalue weighted by Gasteiger charge is 2.44. The minimum atomic E-state index is -0.225. The molecule has 5 heteroatoms. The number of hydrogen-bond donors (Lipinski definition) is 0. The van der Waals surface area contributed by atoms with Crippen molar-refractivity contribution in [3.63, 3.8) is 0 Å². The first kappa shape index (κ1) is 13.7. The van der Waals surface area contributed by atoms with E-state index in [2.05, 4.69) is 28.6 Å². The Balaban J connectivity index is 1.87. The first-order valence-electron chi connectivity index (χ1n) is 8.12.